The van der Waals surface area contributed by atoms with Crippen molar-refractivity contribution in [3.8, 4) is 11.4 Å². The van der Waals surface area contributed by atoms with Crippen LogP contribution in [-0.4, -0.2) is 39.1 Å². The van der Waals surface area contributed by atoms with Crippen molar-refractivity contribution in [1.82, 2.24) is 20.1 Å². The van der Waals surface area contributed by atoms with Crippen molar-refractivity contribution >= 4 is 5.91 Å². The van der Waals surface area contributed by atoms with Crippen molar-refractivity contribution in [1.29, 1.82) is 0 Å². The Balaban J connectivity index is 1.50. The first-order valence-electron chi connectivity index (χ1n) is 8.12. The van der Waals surface area contributed by atoms with Crippen LogP contribution >= 0.6 is 0 Å². The highest BCUT2D eigenvalue weighted by Gasteiger charge is 2.28. The molecule has 2 aromatic heterocycles. The van der Waals surface area contributed by atoms with Crippen LogP contribution < -0.4 is 0 Å². The zero-order valence-electron chi connectivity index (χ0n) is 13.2. The first-order valence-corrected chi connectivity index (χ1v) is 8.12. The van der Waals surface area contributed by atoms with E-state index in [1.165, 1.54) is 6.26 Å². The lowest BCUT2D eigenvalue weighted by Crippen LogP contribution is -2.39. The van der Waals surface area contributed by atoms with Gasteiger partial charge < -0.3 is 9.32 Å². The summed E-state index contributed by atoms with van der Waals surface area (Å²) in [5.41, 5.74) is 0.985. The van der Waals surface area contributed by atoms with Crippen molar-refractivity contribution in [3.63, 3.8) is 0 Å². The third-order valence-electron chi connectivity index (χ3n) is 4.36. The second kappa shape index (κ2) is 6.31. The van der Waals surface area contributed by atoms with Crippen LogP contribution in [0.25, 0.3) is 11.4 Å². The molecule has 6 nitrogen and oxygen atoms in total. The van der Waals surface area contributed by atoms with Gasteiger partial charge in [-0.05, 0) is 25.0 Å². The number of amides is 1. The number of rotatable bonds is 3. The number of carbonyl (C=O) groups is 1. The number of piperidine rings is 1. The molecule has 6 heteroatoms. The molecule has 1 saturated heterocycles. The summed E-state index contributed by atoms with van der Waals surface area (Å²) < 4.78 is 5.22. The average molecular weight is 322 g/mol. The molecule has 0 radical (unpaired) electrons. The molecule has 0 unspecified atom stereocenters. The molecule has 1 fully saturated rings. The quantitative estimate of drug-likeness (QED) is 0.804. The number of nitrogens with zero attached hydrogens (tertiary/aromatic N) is 3. The summed E-state index contributed by atoms with van der Waals surface area (Å²) in [5.74, 6) is 2.03. The first-order chi connectivity index (χ1) is 11.8. The van der Waals surface area contributed by atoms with E-state index < -0.39 is 0 Å². The molecular formula is C18H18N4O2. The van der Waals surface area contributed by atoms with Crippen LogP contribution in [0.2, 0.25) is 0 Å². The van der Waals surface area contributed by atoms with Crippen LogP contribution in [0, 0.1) is 0 Å². The molecule has 122 valence electrons. The summed E-state index contributed by atoms with van der Waals surface area (Å²) in [7, 11) is 0. The van der Waals surface area contributed by atoms with Crippen LogP contribution in [0.1, 0.15) is 35.1 Å². The number of aromatic nitrogens is 3. The molecule has 0 saturated carbocycles. The molecule has 0 spiro atoms. The average Bonchev–Trinajstić information content (AvgIpc) is 3.34. The molecular weight excluding hydrogens is 304 g/mol. The Morgan fingerprint density at radius 2 is 2.08 bits per heavy atom. The smallest absolute Gasteiger partial charge is 0.289 e. The van der Waals surface area contributed by atoms with E-state index in [9.17, 15) is 4.79 Å². The zero-order valence-corrected chi connectivity index (χ0v) is 13.2. The molecule has 1 N–H and O–H groups in total. The van der Waals surface area contributed by atoms with Gasteiger partial charge in [0.2, 0.25) is 0 Å². The summed E-state index contributed by atoms with van der Waals surface area (Å²) in [6.45, 7) is 1.37. The van der Waals surface area contributed by atoms with Crippen molar-refractivity contribution in [2.75, 3.05) is 13.1 Å². The van der Waals surface area contributed by atoms with Crippen LogP contribution in [0.3, 0.4) is 0 Å². The highest BCUT2D eigenvalue weighted by molar-refractivity contribution is 5.91. The molecule has 24 heavy (non-hydrogen) atoms. The summed E-state index contributed by atoms with van der Waals surface area (Å²) in [6, 6.07) is 13.3. The predicted octanol–water partition coefficient (Wildman–Crippen LogP) is 3.08. The standard InChI is InChI=1S/C18H18N4O2/c23-18(15-9-5-11-24-15)22-10-4-8-14(12-22)17-19-16(20-21-17)13-6-2-1-3-7-13/h1-3,5-7,9,11,14H,4,8,10,12H2,(H,19,20,21)/t14-/m1/s1. The Morgan fingerprint density at radius 3 is 2.88 bits per heavy atom. The van der Waals surface area contributed by atoms with Crippen LogP contribution in [-0.2, 0) is 0 Å². The van der Waals surface area contributed by atoms with E-state index in [0.29, 0.717) is 18.1 Å². The van der Waals surface area contributed by atoms with Gasteiger partial charge in [-0.25, -0.2) is 4.98 Å². The molecule has 4 rings (SSSR count). The normalized spacial score (nSPS) is 17.8. The molecule has 0 aliphatic carbocycles. The van der Waals surface area contributed by atoms with E-state index in [4.69, 9.17) is 4.42 Å². The van der Waals surface area contributed by atoms with Crippen molar-refractivity contribution in [2.24, 2.45) is 0 Å². The van der Waals surface area contributed by atoms with Crippen molar-refractivity contribution in [2.45, 2.75) is 18.8 Å². The Morgan fingerprint density at radius 1 is 1.21 bits per heavy atom. The number of hydrogen-bond acceptors (Lipinski definition) is 4. The summed E-state index contributed by atoms with van der Waals surface area (Å²) in [5, 5.41) is 7.37. The number of H-pyrrole nitrogens is 1. The molecule has 1 atom stereocenters. The lowest BCUT2D eigenvalue weighted by atomic mass is 9.97. The minimum absolute atomic E-state index is 0.0625. The maximum absolute atomic E-state index is 12.5. The van der Waals surface area contributed by atoms with Gasteiger partial charge >= 0.3 is 0 Å². The van der Waals surface area contributed by atoms with Gasteiger partial charge in [-0.2, -0.15) is 5.10 Å². The maximum Gasteiger partial charge on any atom is 0.289 e. The highest BCUT2D eigenvalue weighted by atomic mass is 16.3. The van der Waals surface area contributed by atoms with E-state index in [1.54, 1.807) is 12.1 Å². The van der Waals surface area contributed by atoms with Crippen LogP contribution in [0.15, 0.2) is 53.1 Å². The fraction of sp³-hybridized carbons (Fsp3) is 0.278. The number of benzene rings is 1. The van der Waals surface area contributed by atoms with E-state index in [2.05, 4.69) is 15.2 Å². The third-order valence-corrected chi connectivity index (χ3v) is 4.36. The molecule has 3 heterocycles. The van der Waals surface area contributed by atoms with Gasteiger partial charge in [0.1, 0.15) is 5.82 Å². The van der Waals surface area contributed by atoms with Gasteiger partial charge in [0.15, 0.2) is 11.6 Å². The van der Waals surface area contributed by atoms with E-state index in [-0.39, 0.29) is 11.8 Å². The largest absolute Gasteiger partial charge is 0.459 e. The minimum Gasteiger partial charge on any atom is -0.459 e. The third kappa shape index (κ3) is 2.82. The number of nitrogens with one attached hydrogen (secondary N) is 1. The summed E-state index contributed by atoms with van der Waals surface area (Å²) >= 11 is 0. The molecule has 0 bridgehead atoms. The number of likely N-dealkylation sites (tertiary alicyclic amines) is 1. The molecule has 1 aromatic carbocycles. The van der Waals surface area contributed by atoms with Gasteiger partial charge in [-0.1, -0.05) is 30.3 Å². The van der Waals surface area contributed by atoms with Crippen LogP contribution in [0.5, 0.6) is 0 Å². The number of aromatic amines is 1. The topological polar surface area (TPSA) is 75.0 Å². The van der Waals surface area contributed by atoms with Gasteiger partial charge in [0.05, 0.1) is 6.26 Å². The van der Waals surface area contributed by atoms with Gasteiger partial charge in [0.25, 0.3) is 5.91 Å². The first kappa shape index (κ1) is 14.7. The van der Waals surface area contributed by atoms with E-state index in [1.807, 2.05) is 35.2 Å². The second-order valence-electron chi connectivity index (χ2n) is 5.98. The van der Waals surface area contributed by atoms with Crippen molar-refractivity contribution < 1.29 is 9.21 Å². The lowest BCUT2D eigenvalue weighted by Gasteiger charge is -2.31. The van der Waals surface area contributed by atoms with E-state index in [0.717, 1.165) is 30.8 Å². The molecule has 3 aromatic rings. The number of carbonyl (C=O) groups excluding carboxylic acids is 1. The Kier molecular flexibility index (Phi) is 3.86. The molecule has 1 amide bonds. The van der Waals surface area contributed by atoms with Gasteiger partial charge in [-0.15, -0.1) is 0 Å². The van der Waals surface area contributed by atoms with Gasteiger partial charge in [0, 0.05) is 24.6 Å². The number of hydrogen-bond donors (Lipinski definition) is 1. The Bertz CT molecular complexity index is 811. The second-order valence-corrected chi connectivity index (χ2v) is 5.98. The highest BCUT2D eigenvalue weighted by Crippen LogP contribution is 2.27. The number of furan rings is 1. The monoisotopic (exact) mass is 322 g/mol. The fourth-order valence-corrected chi connectivity index (χ4v) is 3.11. The fourth-order valence-electron chi connectivity index (χ4n) is 3.11. The van der Waals surface area contributed by atoms with Gasteiger partial charge in [-0.3, -0.25) is 9.89 Å². The van der Waals surface area contributed by atoms with Crippen molar-refractivity contribution in [3.05, 3.63) is 60.3 Å². The van der Waals surface area contributed by atoms with E-state index >= 15 is 0 Å². The maximum atomic E-state index is 12.5. The van der Waals surface area contributed by atoms with Crippen LogP contribution in [0.4, 0.5) is 0 Å². The summed E-state index contributed by atoms with van der Waals surface area (Å²) in [6.07, 6.45) is 3.46. The predicted molar refractivity (Wildman–Crippen MR) is 88.4 cm³/mol. The SMILES string of the molecule is O=C(c1ccco1)N1CCC[C@@H](c2nc(-c3ccccc3)n[nH]2)C1. The Labute approximate surface area is 139 Å². The molecule has 1 aliphatic rings. The zero-order chi connectivity index (χ0) is 16.4. The lowest BCUT2D eigenvalue weighted by molar-refractivity contribution is 0.0672. The minimum atomic E-state index is -0.0625. The summed E-state index contributed by atoms with van der Waals surface area (Å²) in [4.78, 5) is 18.9. The Hall–Kier alpha value is -2.89. The molecule has 1 aliphatic heterocycles.